The van der Waals surface area contributed by atoms with E-state index in [4.69, 9.17) is 0 Å². The van der Waals surface area contributed by atoms with Crippen LogP contribution in [0.25, 0.3) is 10.9 Å². The third kappa shape index (κ3) is 2.84. The number of nitrogens with one attached hydrogen (secondary N) is 1. The van der Waals surface area contributed by atoms with Crippen LogP contribution >= 0.6 is 0 Å². The van der Waals surface area contributed by atoms with Gasteiger partial charge in [0.05, 0.1) is 15.5 Å². The highest BCUT2D eigenvalue weighted by atomic mass is 32.2. The number of non-ortho nitro benzene ring substituents is 1. The topological polar surface area (TPSA) is 122 Å². The van der Waals surface area contributed by atoms with E-state index < -0.39 is 14.9 Å². The van der Waals surface area contributed by atoms with Crippen LogP contribution in [-0.4, -0.2) is 23.4 Å². The second-order valence-electron chi connectivity index (χ2n) is 4.89. The van der Waals surface area contributed by atoms with Crippen molar-refractivity contribution >= 4 is 32.3 Å². The summed E-state index contributed by atoms with van der Waals surface area (Å²) in [5.74, 6) is -0.0797. The summed E-state index contributed by atoms with van der Waals surface area (Å²) < 4.78 is 27.3. The number of sulfonamides is 1. The molecule has 122 valence electrons. The van der Waals surface area contributed by atoms with Crippen LogP contribution in [0, 0.1) is 10.1 Å². The van der Waals surface area contributed by atoms with Crippen LogP contribution in [0.2, 0.25) is 0 Å². The maximum Gasteiger partial charge on any atom is 0.270 e. The van der Waals surface area contributed by atoms with E-state index in [0.29, 0.717) is 5.39 Å². The number of pyridine rings is 1. The molecular formula is C15H11N3O5S. The lowest BCUT2D eigenvalue weighted by atomic mass is 10.2. The number of nitro groups is 1. The SMILES string of the molecule is O=[N+]([O-])c1cccc(S(=O)(=O)Nc2ccc(O)c3ncccc23)c1. The Morgan fingerprint density at radius 3 is 2.67 bits per heavy atom. The van der Waals surface area contributed by atoms with Crippen LogP contribution in [0.1, 0.15) is 0 Å². The van der Waals surface area contributed by atoms with Crippen molar-refractivity contribution in [3.05, 3.63) is 64.8 Å². The molecule has 3 aromatic rings. The smallest absolute Gasteiger partial charge is 0.270 e. The van der Waals surface area contributed by atoms with E-state index in [-0.39, 0.29) is 27.5 Å². The van der Waals surface area contributed by atoms with E-state index >= 15 is 0 Å². The number of hydrogen-bond donors (Lipinski definition) is 2. The van der Waals surface area contributed by atoms with Gasteiger partial charge in [0.15, 0.2) is 0 Å². The Kier molecular flexibility index (Phi) is 3.78. The second kappa shape index (κ2) is 5.78. The monoisotopic (exact) mass is 345 g/mol. The molecule has 0 aliphatic rings. The van der Waals surface area contributed by atoms with Crippen molar-refractivity contribution in [2.24, 2.45) is 0 Å². The number of anilines is 1. The summed E-state index contributed by atoms with van der Waals surface area (Å²) in [6.07, 6.45) is 1.47. The molecule has 2 N–H and O–H groups in total. The minimum absolute atomic E-state index is 0.0797. The Labute approximate surface area is 136 Å². The molecule has 0 unspecified atom stereocenters. The number of aromatic hydroxyl groups is 1. The van der Waals surface area contributed by atoms with Crippen molar-refractivity contribution in [2.45, 2.75) is 4.90 Å². The van der Waals surface area contributed by atoms with Gasteiger partial charge >= 0.3 is 0 Å². The summed E-state index contributed by atoms with van der Waals surface area (Å²) >= 11 is 0. The molecule has 0 aliphatic carbocycles. The summed E-state index contributed by atoms with van der Waals surface area (Å²) in [7, 11) is -4.04. The number of benzene rings is 2. The molecule has 9 heteroatoms. The lowest BCUT2D eigenvalue weighted by Gasteiger charge is -2.11. The zero-order chi connectivity index (χ0) is 17.3. The minimum Gasteiger partial charge on any atom is -0.506 e. The van der Waals surface area contributed by atoms with Gasteiger partial charge < -0.3 is 5.11 Å². The molecule has 24 heavy (non-hydrogen) atoms. The van der Waals surface area contributed by atoms with Crippen molar-refractivity contribution in [3.8, 4) is 5.75 Å². The van der Waals surface area contributed by atoms with Crippen molar-refractivity contribution < 1.29 is 18.4 Å². The molecule has 0 atom stereocenters. The third-order valence-electron chi connectivity index (χ3n) is 3.33. The normalized spacial score (nSPS) is 11.3. The molecule has 0 aliphatic heterocycles. The van der Waals surface area contributed by atoms with Crippen LogP contribution in [0.3, 0.4) is 0 Å². The van der Waals surface area contributed by atoms with E-state index in [1.807, 2.05) is 0 Å². The Morgan fingerprint density at radius 2 is 1.92 bits per heavy atom. The molecule has 0 saturated heterocycles. The summed E-state index contributed by atoms with van der Waals surface area (Å²) in [4.78, 5) is 13.9. The third-order valence-corrected chi connectivity index (χ3v) is 4.69. The maximum atomic E-state index is 12.5. The molecule has 3 rings (SSSR count). The predicted octanol–water partition coefficient (Wildman–Crippen LogP) is 2.65. The minimum atomic E-state index is -4.04. The second-order valence-corrected chi connectivity index (χ2v) is 6.57. The molecular weight excluding hydrogens is 334 g/mol. The first-order chi connectivity index (χ1) is 11.4. The molecule has 0 saturated carbocycles. The van der Waals surface area contributed by atoms with E-state index in [1.54, 1.807) is 12.1 Å². The highest BCUT2D eigenvalue weighted by Crippen LogP contribution is 2.30. The largest absolute Gasteiger partial charge is 0.506 e. The first-order valence-electron chi connectivity index (χ1n) is 6.72. The molecule has 0 radical (unpaired) electrons. The molecule has 0 bridgehead atoms. The first-order valence-corrected chi connectivity index (χ1v) is 8.21. The van der Waals surface area contributed by atoms with Crippen molar-refractivity contribution in [3.63, 3.8) is 0 Å². The quantitative estimate of drug-likeness (QED) is 0.426. The van der Waals surface area contributed by atoms with Crippen molar-refractivity contribution in [2.75, 3.05) is 4.72 Å². The number of phenolic OH excluding ortho intramolecular Hbond substituents is 1. The number of aromatic nitrogens is 1. The van der Waals surface area contributed by atoms with Gasteiger partial charge in [-0.1, -0.05) is 6.07 Å². The Balaban J connectivity index is 2.06. The van der Waals surface area contributed by atoms with Crippen LogP contribution in [0.4, 0.5) is 11.4 Å². The number of hydrogen-bond acceptors (Lipinski definition) is 6. The molecule has 0 fully saturated rings. The van der Waals surface area contributed by atoms with Crippen LogP contribution in [0.5, 0.6) is 5.75 Å². The van der Waals surface area contributed by atoms with Crippen LogP contribution in [-0.2, 0) is 10.0 Å². The fourth-order valence-electron chi connectivity index (χ4n) is 2.21. The number of phenols is 1. The molecule has 8 nitrogen and oxygen atoms in total. The Hall–Kier alpha value is -3.20. The Morgan fingerprint density at radius 1 is 1.12 bits per heavy atom. The summed E-state index contributed by atoms with van der Waals surface area (Å²) in [5, 5.41) is 21.0. The summed E-state index contributed by atoms with van der Waals surface area (Å²) in [6.45, 7) is 0. The van der Waals surface area contributed by atoms with Crippen molar-refractivity contribution in [1.82, 2.24) is 4.98 Å². The zero-order valence-corrected chi connectivity index (χ0v) is 12.9. The first kappa shape index (κ1) is 15.7. The molecule has 2 aromatic carbocycles. The fourth-order valence-corrected chi connectivity index (χ4v) is 3.33. The number of nitrogens with zero attached hydrogens (tertiary/aromatic N) is 2. The summed E-state index contributed by atoms with van der Waals surface area (Å²) in [5.41, 5.74) is 0.134. The van der Waals surface area contributed by atoms with Crippen LogP contribution in [0.15, 0.2) is 59.6 Å². The van der Waals surface area contributed by atoms with Gasteiger partial charge in [-0.3, -0.25) is 19.8 Å². The number of rotatable bonds is 4. The molecule has 0 amide bonds. The van der Waals surface area contributed by atoms with Gasteiger partial charge in [0, 0.05) is 23.7 Å². The fraction of sp³-hybridized carbons (Fsp3) is 0. The van der Waals surface area contributed by atoms with Gasteiger partial charge in [-0.05, 0) is 30.3 Å². The van der Waals surface area contributed by atoms with E-state index in [2.05, 4.69) is 9.71 Å². The lowest BCUT2D eigenvalue weighted by Crippen LogP contribution is -2.13. The summed E-state index contributed by atoms with van der Waals surface area (Å²) in [6, 6.07) is 10.7. The van der Waals surface area contributed by atoms with Crippen LogP contribution < -0.4 is 4.72 Å². The predicted molar refractivity (Wildman–Crippen MR) is 87.3 cm³/mol. The van der Waals surface area contributed by atoms with Gasteiger partial charge in [0.1, 0.15) is 11.3 Å². The van der Waals surface area contributed by atoms with Gasteiger partial charge in [0.25, 0.3) is 15.7 Å². The van der Waals surface area contributed by atoms with E-state index in [0.717, 1.165) is 6.07 Å². The lowest BCUT2D eigenvalue weighted by molar-refractivity contribution is -0.385. The zero-order valence-electron chi connectivity index (χ0n) is 12.1. The number of fused-ring (bicyclic) bond motifs is 1. The molecule has 0 spiro atoms. The van der Waals surface area contributed by atoms with Gasteiger partial charge in [-0.2, -0.15) is 0 Å². The Bertz CT molecular complexity index is 1050. The van der Waals surface area contributed by atoms with Gasteiger partial charge in [-0.15, -0.1) is 0 Å². The van der Waals surface area contributed by atoms with Crippen molar-refractivity contribution in [1.29, 1.82) is 0 Å². The highest BCUT2D eigenvalue weighted by molar-refractivity contribution is 7.92. The van der Waals surface area contributed by atoms with E-state index in [1.165, 1.54) is 36.5 Å². The average Bonchev–Trinajstić information content (AvgIpc) is 2.58. The molecule has 1 heterocycles. The highest BCUT2D eigenvalue weighted by Gasteiger charge is 2.19. The number of nitro benzene ring substituents is 1. The average molecular weight is 345 g/mol. The van der Waals surface area contributed by atoms with Gasteiger partial charge in [0.2, 0.25) is 0 Å². The maximum absolute atomic E-state index is 12.5. The van der Waals surface area contributed by atoms with E-state index in [9.17, 15) is 23.6 Å². The molecule has 1 aromatic heterocycles. The standard InChI is InChI=1S/C15H11N3O5S/c19-14-7-6-13(12-5-2-8-16-15(12)14)17-24(22,23)11-4-1-3-10(9-11)18(20)21/h1-9,17,19H. The van der Waals surface area contributed by atoms with Gasteiger partial charge in [-0.25, -0.2) is 8.42 Å².